The summed E-state index contributed by atoms with van der Waals surface area (Å²) in [6.45, 7) is 0. The Labute approximate surface area is 187 Å². The normalized spacial score (nSPS) is 12.1. The van der Waals surface area contributed by atoms with E-state index in [2.05, 4.69) is 120 Å². The average Bonchev–Trinajstić information content (AvgIpc) is 3.23. The fraction of sp³-hybridized carbons (Fsp3) is 0.0333. The van der Waals surface area contributed by atoms with E-state index in [-0.39, 0.29) is 0 Å². The quantitative estimate of drug-likeness (QED) is 0.236. The fourth-order valence-corrected chi connectivity index (χ4v) is 4.70. The minimum absolute atomic E-state index is 0.975. The Hall–Kier alpha value is -4.17. The van der Waals surface area contributed by atoms with Gasteiger partial charge < -0.3 is 0 Å². The lowest BCUT2D eigenvalue weighted by atomic mass is 9.93. The zero-order chi connectivity index (χ0) is 21.3. The molecule has 1 aliphatic carbocycles. The third-order valence-corrected chi connectivity index (χ3v) is 6.25. The van der Waals surface area contributed by atoms with Crippen LogP contribution < -0.4 is 5.43 Å². The maximum atomic E-state index is 4.56. The lowest BCUT2D eigenvalue weighted by Crippen LogP contribution is -1.95. The van der Waals surface area contributed by atoms with Gasteiger partial charge in [0.25, 0.3) is 0 Å². The van der Waals surface area contributed by atoms with Crippen LogP contribution in [0.4, 0.5) is 5.69 Å². The number of nitrogens with one attached hydrogen (secondary N) is 1. The molecule has 0 aliphatic heterocycles. The van der Waals surface area contributed by atoms with Gasteiger partial charge in [-0.3, -0.25) is 5.43 Å². The third kappa shape index (κ3) is 3.27. The molecule has 0 heterocycles. The van der Waals surface area contributed by atoms with Gasteiger partial charge in [0.1, 0.15) is 0 Å². The zero-order valence-electron chi connectivity index (χ0n) is 17.6. The lowest BCUT2D eigenvalue weighted by Gasteiger charge is -2.11. The van der Waals surface area contributed by atoms with Gasteiger partial charge in [0, 0.05) is 5.56 Å². The Morgan fingerprint density at radius 2 is 1.28 bits per heavy atom. The average molecular weight is 411 g/mol. The van der Waals surface area contributed by atoms with Crippen LogP contribution in [0.25, 0.3) is 33.0 Å². The van der Waals surface area contributed by atoms with E-state index in [0.717, 1.165) is 17.7 Å². The summed E-state index contributed by atoms with van der Waals surface area (Å²) in [5, 5.41) is 6.99. The molecule has 0 radical (unpaired) electrons. The Morgan fingerprint density at radius 1 is 0.594 bits per heavy atom. The molecule has 2 heteroatoms. The van der Waals surface area contributed by atoms with E-state index in [9.17, 15) is 0 Å². The van der Waals surface area contributed by atoms with Gasteiger partial charge in [-0.1, -0.05) is 97.1 Å². The number of nitrogens with zero attached hydrogens (tertiary/aromatic N) is 1. The Bertz CT molecular complexity index is 1480. The molecule has 6 rings (SSSR count). The van der Waals surface area contributed by atoms with Crippen molar-refractivity contribution in [3.63, 3.8) is 0 Å². The molecule has 1 N–H and O–H groups in total. The summed E-state index contributed by atoms with van der Waals surface area (Å²) >= 11 is 0. The maximum Gasteiger partial charge on any atom is 0.0568 e. The van der Waals surface area contributed by atoms with Gasteiger partial charge in [0.15, 0.2) is 0 Å². The van der Waals surface area contributed by atoms with Gasteiger partial charge in [-0.25, -0.2) is 0 Å². The standard InChI is InChI=1S/C30H22N2/c1-2-9-22-18-25(17-16-21(22)8-1)32-31-20-24-11-4-6-13-27(24)29-15-7-14-28-26-12-5-3-10-23(26)19-30(28)29/h1-18,20,32H,19H2. The number of benzene rings is 5. The molecule has 0 fully saturated rings. The second-order valence-electron chi connectivity index (χ2n) is 8.18. The molecule has 32 heavy (non-hydrogen) atoms. The first-order chi connectivity index (χ1) is 15.9. The Kier molecular flexibility index (Phi) is 4.54. The molecule has 2 nitrogen and oxygen atoms in total. The van der Waals surface area contributed by atoms with Gasteiger partial charge in [-0.05, 0) is 62.7 Å². The van der Waals surface area contributed by atoms with Crippen LogP contribution in [-0.4, -0.2) is 6.21 Å². The molecular formula is C30H22N2. The van der Waals surface area contributed by atoms with Crippen molar-refractivity contribution in [3.8, 4) is 22.3 Å². The van der Waals surface area contributed by atoms with Gasteiger partial charge in [-0.2, -0.15) is 5.10 Å². The Balaban J connectivity index is 1.33. The number of fused-ring (bicyclic) bond motifs is 4. The van der Waals surface area contributed by atoms with Crippen molar-refractivity contribution < 1.29 is 0 Å². The highest BCUT2D eigenvalue weighted by molar-refractivity contribution is 5.94. The van der Waals surface area contributed by atoms with E-state index in [1.54, 1.807) is 0 Å². The third-order valence-electron chi connectivity index (χ3n) is 6.25. The predicted molar refractivity (Wildman–Crippen MR) is 135 cm³/mol. The molecule has 0 unspecified atom stereocenters. The Morgan fingerprint density at radius 3 is 2.19 bits per heavy atom. The zero-order valence-corrected chi connectivity index (χ0v) is 17.6. The van der Waals surface area contributed by atoms with Crippen LogP contribution >= 0.6 is 0 Å². The largest absolute Gasteiger partial charge is 0.278 e. The number of anilines is 1. The predicted octanol–water partition coefficient (Wildman–Crippen LogP) is 7.52. The van der Waals surface area contributed by atoms with E-state index < -0.39 is 0 Å². The number of rotatable bonds is 4. The molecule has 5 aromatic rings. The van der Waals surface area contributed by atoms with E-state index in [1.807, 2.05) is 6.21 Å². The summed E-state index contributed by atoms with van der Waals surface area (Å²) in [6, 6.07) is 38.5. The highest BCUT2D eigenvalue weighted by Crippen LogP contribution is 2.41. The molecule has 1 aliphatic rings. The van der Waals surface area contributed by atoms with Crippen molar-refractivity contribution in [2.75, 3.05) is 5.43 Å². The first-order valence-electron chi connectivity index (χ1n) is 10.9. The summed E-state index contributed by atoms with van der Waals surface area (Å²) in [5.41, 5.74) is 13.3. The monoisotopic (exact) mass is 410 g/mol. The number of hydrogen-bond donors (Lipinski definition) is 1. The summed E-state index contributed by atoms with van der Waals surface area (Å²) < 4.78 is 0. The number of hydrogen-bond acceptors (Lipinski definition) is 2. The fourth-order valence-electron chi connectivity index (χ4n) is 4.70. The van der Waals surface area contributed by atoms with Crippen molar-refractivity contribution in [1.82, 2.24) is 0 Å². The van der Waals surface area contributed by atoms with Gasteiger partial charge >= 0.3 is 0 Å². The van der Waals surface area contributed by atoms with E-state index >= 15 is 0 Å². The second-order valence-corrected chi connectivity index (χ2v) is 8.18. The first kappa shape index (κ1) is 18.6. The van der Waals surface area contributed by atoms with Crippen LogP contribution in [0.2, 0.25) is 0 Å². The van der Waals surface area contributed by atoms with Crippen molar-refractivity contribution in [1.29, 1.82) is 0 Å². The molecule has 0 saturated heterocycles. The molecule has 0 bridgehead atoms. The van der Waals surface area contributed by atoms with Crippen LogP contribution in [0.1, 0.15) is 16.7 Å². The SMILES string of the molecule is C(=NNc1ccc2ccccc2c1)c1ccccc1-c1cccc2c1Cc1ccccc1-2. The van der Waals surface area contributed by atoms with Crippen molar-refractivity contribution in [2.24, 2.45) is 5.10 Å². The summed E-state index contributed by atoms with van der Waals surface area (Å²) in [4.78, 5) is 0. The summed E-state index contributed by atoms with van der Waals surface area (Å²) in [5.74, 6) is 0. The lowest BCUT2D eigenvalue weighted by molar-refractivity contribution is 1.26. The smallest absolute Gasteiger partial charge is 0.0568 e. The molecule has 0 aromatic heterocycles. The second kappa shape index (κ2) is 7.82. The molecule has 0 atom stereocenters. The molecule has 5 aromatic carbocycles. The van der Waals surface area contributed by atoms with E-state index in [4.69, 9.17) is 0 Å². The molecular weight excluding hydrogens is 388 g/mol. The minimum atomic E-state index is 0.975. The van der Waals surface area contributed by atoms with Crippen molar-refractivity contribution in [3.05, 3.63) is 126 Å². The highest BCUT2D eigenvalue weighted by atomic mass is 15.3. The van der Waals surface area contributed by atoms with Crippen LogP contribution in [-0.2, 0) is 6.42 Å². The molecule has 0 spiro atoms. The van der Waals surface area contributed by atoms with Crippen LogP contribution in [0.5, 0.6) is 0 Å². The van der Waals surface area contributed by atoms with Gasteiger partial charge in [-0.15, -0.1) is 0 Å². The highest BCUT2D eigenvalue weighted by Gasteiger charge is 2.21. The van der Waals surface area contributed by atoms with Crippen LogP contribution in [0.15, 0.2) is 114 Å². The molecule has 152 valence electrons. The maximum absolute atomic E-state index is 4.56. The van der Waals surface area contributed by atoms with E-state index in [1.165, 1.54) is 44.2 Å². The van der Waals surface area contributed by atoms with Crippen molar-refractivity contribution >= 4 is 22.7 Å². The van der Waals surface area contributed by atoms with Crippen LogP contribution in [0, 0.1) is 0 Å². The topological polar surface area (TPSA) is 24.4 Å². The summed E-state index contributed by atoms with van der Waals surface area (Å²) in [6.07, 6.45) is 2.90. The van der Waals surface area contributed by atoms with Crippen molar-refractivity contribution in [2.45, 2.75) is 6.42 Å². The van der Waals surface area contributed by atoms with E-state index in [0.29, 0.717) is 0 Å². The summed E-state index contributed by atoms with van der Waals surface area (Å²) in [7, 11) is 0. The van der Waals surface area contributed by atoms with Gasteiger partial charge in [0.2, 0.25) is 0 Å². The number of hydrazone groups is 1. The first-order valence-corrected chi connectivity index (χ1v) is 10.9. The molecule has 0 saturated carbocycles. The minimum Gasteiger partial charge on any atom is -0.278 e. The van der Waals surface area contributed by atoms with Gasteiger partial charge in [0.05, 0.1) is 11.9 Å². The molecule has 0 amide bonds. The van der Waals surface area contributed by atoms with Crippen LogP contribution in [0.3, 0.4) is 0 Å².